The average molecular weight is 192 g/mol. The maximum Gasteiger partial charge on any atom is 0.227 e. The normalized spacial score (nSPS) is 13.8. The minimum absolute atomic E-state index is 0.373. The predicted octanol–water partition coefficient (Wildman–Crippen LogP) is 2.80. The number of hydrogen-bond donors (Lipinski definition) is 0. The summed E-state index contributed by atoms with van der Waals surface area (Å²) in [4.78, 5) is 8.39. The second kappa shape index (κ2) is 4.74. The summed E-state index contributed by atoms with van der Waals surface area (Å²) in [5, 5.41) is 0. The molecule has 76 valence electrons. The van der Waals surface area contributed by atoms with Crippen LogP contribution >= 0.6 is 0 Å². The summed E-state index contributed by atoms with van der Waals surface area (Å²) in [7, 11) is 1.79. The van der Waals surface area contributed by atoms with Crippen LogP contribution in [0.3, 0.4) is 0 Å². The van der Waals surface area contributed by atoms with Crippen LogP contribution in [0.1, 0.15) is 26.7 Å². The molecule has 0 N–H and O–H groups in total. The molecule has 0 aliphatic heterocycles. The minimum Gasteiger partial charge on any atom is -0.444 e. The number of hydrogen-bond acceptors (Lipinski definition) is 3. The van der Waals surface area contributed by atoms with Crippen molar-refractivity contribution in [2.24, 2.45) is 10.9 Å². The zero-order valence-electron chi connectivity index (χ0n) is 9.11. The van der Waals surface area contributed by atoms with E-state index in [4.69, 9.17) is 4.42 Å². The van der Waals surface area contributed by atoms with Crippen molar-refractivity contribution >= 4 is 11.3 Å². The Labute approximate surface area is 84.6 Å². The number of rotatable bonds is 3. The van der Waals surface area contributed by atoms with Crippen molar-refractivity contribution in [3.05, 3.63) is 24.4 Å². The highest BCUT2D eigenvalue weighted by atomic mass is 16.3. The summed E-state index contributed by atoms with van der Waals surface area (Å²) in [5.41, 5.74) is 2.00. The molecule has 3 nitrogen and oxygen atoms in total. The third-order valence-electron chi connectivity index (χ3n) is 2.02. The topological polar surface area (TPSA) is 38.4 Å². The van der Waals surface area contributed by atoms with Gasteiger partial charge in [-0.25, -0.2) is 4.98 Å². The summed E-state index contributed by atoms with van der Waals surface area (Å²) in [6.07, 6.45) is 5.20. The molecule has 1 aromatic rings. The Hall–Kier alpha value is -1.38. The highest BCUT2D eigenvalue weighted by molar-refractivity contribution is 6.23. The van der Waals surface area contributed by atoms with Crippen molar-refractivity contribution in [3.63, 3.8) is 0 Å². The molecule has 14 heavy (non-hydrogen) atoms. The smallest absolute Gasteiger partial charge is 0.227 e. The van der Waals surface area contributed by atoms with Crippen LogP contribution in [0, 0.1) is 5.92 Å². The Morgan fingerprint density at radius 1 is 1.57 bits per heavy atom. The van der Waals surface area contributed by atoms with Crippen LogP contribution in [-0.4, -0.2) is 17.7 Å². The highest BCUT2D eigenvalue weighted by Crippen LogP contribution is 2.18. The van der Waals surface area contributed by atoms with Gasteiger partial charge in [0.2, 0.25) is 5.89 Å². The van der Waals surface area contributed by atoms with Gasteiger partial charge in [-0.3, -0.25) is 4.99 Å². The summed E-state index contributed by atoms with van der Waals surface area (Å²) in [5.74, 6) is 1.01. The number of aliphatic imine (C=N–C) groups is 1. The molecule has 1 aromatic heterocycles. The molecule has 0 radical (unpaired) electrons. The van der Waals surface area contributed by atoms with E-state index < -0.39 is 0 Å². The first kappa shape index (κ1) is 10.7. The SMILES string of the molecule is C/C=C(\C(=NC)C(C)C)c1ncco1. The Balaban J connectivity index is 3.05. The number of aromatic nitrogens is 1. The molecular formula is C11H16N2O. The number of nitrogens with zero attached hydrogens (tertiary/aromatic N) is 2. The van der Waals surface area contributed by atoms with Gasteiger partial charge in [0.25, 0.3) is 0 Å². The standard InChI is InChI=1S/C11H16N2O/c1-5-9(10(12-4)8(2)3)11-13-6-7-14-11/h5-8H,1-4H3/b9-5+,12-10?. The fraction of sp³-hybridized carbons (Fsp3) is 0.455. The van der Waals surface area contributed by atoms with E-state index in [1.165, 1.54) is 0 Å². The first-order valence-electron chi connectivity index (χ1n) is 4.74. The van der Waals surface area contributed by atoms with E-state index in [0.29, 0.717) is 11.8 Å². The van der Waals surface area contributed by atoms with Gasteiger partial charge in [-0.15, -0.1) is 0 Å². The van der Waals surface area contributed by atoms with Gasteiger partial charge in [0, 0.05) is 12.8 Å². The molecule has 0 fully saturated rings. The molecule has 0 aromatic carbocycles. The van der Waals surface area contributed by atoms with Crippen molar-refractivity contribution in [2.45, 2.75) is 20.8 Å². The van der Waals surface area contributed by atoms with Crippen molar-refractivity contribution < 1.29 is 4.42 Å². The zero-order valence-corrected chi connectivity index (χ0v) is 9.11. The molecule has 1 heterocycles. The van der Waals surface area contributed by atoms with Crippen LogP contribution in [0.25, 0.3) is 5.57 Å². The van der Waals surface area contributed by atoms with Gasteiger partial charge in [-0.05, 0) is 12.8 Å². The van der Waals surface area contributed by atoms with Gasteiger partial charge in [-0.1, -0.05) is 19.9 Å². The molecule has 0 bridgehead atoms. The fourth-order valence-electron chi connectivity index (χ4n) is 1.43. The van der Waals surface area contributed by atoms with E-state index in [-0.39, 0.29) is 0 Å². The van der Waals surface area contributed by atoms with E-state index in [9.17, 15) is 0 Å². The molecule has 0 amide bonds. The molecule has 0 spiro atoms. The first-order valence-corrected chi connectivity index (χ1v) is 4.74. The third-order valence-corrected chi connectivity index (χ3v) is 2.02. The second-order valence-electron chi connectivity index (χ2n) is 3.30. The largest absolute Gasteiger partial charge is 0.444 e. The first-order chi connectivity index (χ1) is 6.70. The molecule has 0 aliphatic carbocycles. The second-order valence-corrected chi connectivity index (χ2v) is 3.30. The van der Waals surface area contributed by atoms with Crippen LogP contribution in [-0.2, 0) is 0 Å². The van der Waals surface area contributed by atoms with E-state index in [1.54, 1.807) is 19.5 Å². The lowest BCUT2D eigenvalue weighted by atomic mass is 9.99. The van der Waals surface area contributed by atoms with Crippen molar-refractivity contribution in [2.75, 3.05) is 7.05 Å². The van der Waals surface area contributed by atoms with Crippen LogP contribution in [0.15, 0.2) is 27.9 Å². The lowest BCUT2D eigenvalue weighted by molar-refractivity contribution is 0.543. The molecule has 0 saturated heterocycles. The van der Waals surface area contributed by atoms with Crippen LogP contribution in [0.5, 0.6) is 0 Å². The van der Waals surface area contributed by atoms with Crippen LogP contribution < -0.4 is 0 Å². The maximum absolute atomic E-state index is 5.26. The van der Waals surface area contributed by atoms with E-state index in [0.717, 1.165) is 11.3 Å². The molecular weight excluding hydrogens is 176 g/mol. The lowest BCUT2D eigenvalue weighted by Gasteiger charge is -2.10. The Kier molecular flexibility index (Phi) is 3.63. The average Bonchev–Trinajstić information content (AvgIpc) is 2.65. The minimum atomic E-state index is 0.373. The molecule has 0 atom stereocenters. The molecule has 3 heteroatoms. The fourth-order valence-corrected chi connectivity index (χ4v) is 1.43. The Morgan fingerprint density at radius 2 is 2.29 bits per heavy atom. The summed E-state index contributed by atoms with van der Waals surface area (Å²) in [6.45, 7) is 6.18. The zero-order chi connectivity index (χ0) is 10.6. The highest BCUT2D eigenvalue weighted by Gasteiger charge is 2.15. The Bertz CT molecular complexity index is 334. The Morgan fingerprint density at radius 3 is 2.64 bits per heavy atom. The van der Waals surface area contributed by atoms with Gasteiger partial charge in [0.05, 0.1) is 11.8 Å². The summed E-state index contributed by atoms with van der Waals surface area (Å²) in [6, 6.07) is 0. The van der Waals surface area contributed by atoms with Crippen molar-refractivity contribution in [1.82, 2.24) is 4.98 Å². The molecule has 0 unspecified atom stereocenters. The van der Waals surface area contributed by atoms with Gasteiger partial charge >= 0.3 is 0 Å². The van der Waals surface area contributed by atoms with E-state index in [1.807, 2.05) is 13.0 Å². The number of oxazole rings is 1. The number of allylic oxidation sites excluding steroid dienone is 2. The van der Waals surface area contributed by atoms with E-state index >= 15 is 0 Å². The van der Waals surface area contributed by atoms with Gasteiger partial charge < -0.3 is 4.42 Å². The van der Waals surface area contributed by atoms with Crippen molar-refractivity contribution in [3.8, 4) is 0 Å². The quantitative estimate of drug-likeness (QED) is 0.691. The van der Waals surface area contributed by atoms with Gasteiger partial charge in [0.15, 0.2) is 0 Å². The monoisotopic (exact) mass is 192 g/mol. The lowest BCUT2D eigenvalue weighted by Crippen LogP contribution is -2.10. The van der Waals surface area contributed by atoms with Gasteiger partial charge in [-0.2, -0.15) is 0 Å². The van der Waals surface area contributed by atoms with Gasteiger partial charge in [0.1, 0.15) is 6.26 Å². The third kappa shape index (κ3) is 2.10. The molecule has 0 saturated carbocycles. The summed E-state index contributed by atoms with van der Waals surface area (Å²) < 4.78 is 5.26. The predicted molar refractivity (Wildman–Crippen MR) is 58.4 cm³/mol. The maximum atomic E-state index is 5.26. The van der Waals surface area contributed by atoms with E-state index in [2.05, 4.69) is 23.8 Å². The molecule has 1 rings (SSSR count). The van der Waals surface area contributed by atoms with Crippen LogP contribution in [0.4, 0.5) is 0 Å². The molecule has 0 aliphatic rings. The summed E-state index contributed by atoms with van der Waals surface area (Å²) >= 11 is 0. The van der Waals surface area contributed by atoms with Crippen LogP contribution in [0.2, 0.25) is 0 Å². The van der Waals surface area contributed by atoms with Crippen molar-refractivity contribution in [1.29, 1.82) is 0 Å².